The molecule has 0 spiro atoms. The molecule has 0 amide bonds. The van der Waals surface area contributed by atoms with Gasteiger partial charge in [0.25, 0.3) is 0 Å². The lowest BCUT2D eigenvalue weighted by Gasteiger charge is -2.22. The van der Waals surface area contributed by atoms with Crippen LogP contribution >= 0.6 is 0 Å². The third kappa shape index (κ3) is 1.86. The molecule has 0 atom stereocenters. The van der Waals surface area contributed by atoms with E-state index in [1.54, 1.807) is 12.4 Å². The second-order valence-corrected chi connectivity index (χ2v) is 3.88. The van der Waals surface area contributed by atoms with Gasteiger partial charge in [-0.15, -0.1) is 0 Å². The fourth-order valence-corrected chi connectivity index (χ4v) is 2.22. The van der Waals surface area contributed by atoms with Crippen molar-refractivity contribution < 1.29 is 0 Å². The molecule has 1 aromatic heterocycles. The van der Waals surface area contributed by atoms with Crippen molar-refractivity contribution in [3.63, 3.8) is 0 Å². The number of hydrogen-bond acceptors (Lipinski definition) is 3. The van der Waals surface area contributed by atoms with Gasteiger partial charge in [-0.1, -0.05) is 19.3 Å². The van der Waals surface area contributed by atoms with Crippen LogP contribution in [0.5, 0.6) is 0 Å². The zero-order valence-corrected chi connectivity index (χ0v) is 8.66. The van der Waals surface area contributed by atoms with Gasteiger partial charge in [0.2, 0.25) is 0 Å². The molecule has 1 aromatic rings. The predicted molar refractivity (Wildman–Crippen MR) is 57.4 cm³/mol. The highest BCUT2D eigenvalue weighted by atomic mass is 15.0. The van der Waals surface area contributed by atoms with Crippen LogP contribution in [0.2, 0.25) is 0 Å². The largest absolute Gasteiger partial charge is 0.372 e. The molecular weight excluding hydrogens is 174 g/mol. The molecule has 0 aliphatic heterocycles. The average Bonchev–Trinajstić information content (AvgIpc) is 2.30. The van der Waals surface area contributed by atoms with Crippen LogP contribution in [0.4, 0.5) is 5.82 Å². The van der Waals surface area contributed by atoms with E-state index in [1.807, 2.05) is 7.05 Å². The maximum absolute atomic E-state index is 4.45. The number of nitrogens with one attached hydrogen (secondary N) is 1. The molecule has 0 radical (unpaired) electrons. The van der Waals surface area contributed by atoms with Crippen LogP contribution in [0.25, 0.3) is 0 Å². The van der Waals surface area contributed by atoms with Gasteiger partial charge in [0, 0.05) is 25.4 Å². The first kappa shape index (κ1) is 9.44. The molecule has 0 saturated heterocycles. The minimum absolute atomic E-state index is 0.625. The lowest BCUT2D eigenvalue weighted by molar-refractivity contribution is 0.437. The summed E-state index contributed by atoms with van der Waals surface area (Å²) in [4.78, 5) is 8.75. The molecule has 3 heteroatoms. The van der Waals surface area contributed by atoms with Crippen molar-refractivity contribution in [2.24, 2.45) is 0 Å². The molecule has 1 heterocycles. The fourth-order valence-electron chi connectivity index (χ4n) is 2.22. The number of nitrogens with zero attached hydrogens (tertiary/aromatic N) is 2. The molecule has 14 heavy (non-hydrogen) atoms. The summed E-state index contributed by atoms with van der Waals surface area (Å²) in [6.45, 7) is 0. The predicted octanol–water partition coefficient (Wildman–Crippen LogP) is 2.57. The summed E-state index contributed by atoms with van der Waals surface area (Å²) in [7, 11) is 1.91. The van der Waals surface area contributed by atoms with E-state index < -0.39 is 0 Å². The van der Waals surface area contributed by atoms with Crippen LogP contribution in [0.15, 0.2) is 12.4 Å². The Morgan fingerprint density at radius 3 is 2.57 bits per heavy atom. The number of aromatic nitrogens is 2. The molecule has 2 rings (SSSR count). The summed E-state index contributed by atoms with van der Waals surface area (Å²) >= 11 is 0. The Balaban J connectivity index is 2.20. The standard InChI is InChI=1S/C11H17N3/c1-12-11-10(13-7-8-14-11)9-5-3-2-4-6-9/h7-9H,2-6H2,1H3,(H,12,14). The van der Waals surface area contributed by atoms with E-state index in [9.17, 15) is 0 Å². The van der Waals surface area contributed by atoms with Crippen LogP contribution in [0.3, 0.4) is 0 Å². The number of rotatable bonds is 2. The minimum atomic E-state index is 0.625. The van der Waals surface area contributed by atoms with Gasteiger partial charge in [-0.3, -0.25) is 4.98 Å². The Morgan fingerprint density at radius 2 is 1.86 bits per heavy atom. The van der Waals surface area contributed by atoms with Gasteiger partial charge in [0.05, 0.1) is 5.69 Å². The van der Waals surface area contributed by atoms with E-state index in [0.29, 0.717) is 5.92 Å². The first-order valence-corrected chi connectivity index (χ1v) is 5.40. The van der Waals surface area contributed by atoms with Crippen molar-refractivity contribution in [3.05, 3.63) is 18.1 Å². The SMILES string of the molecule is CNc1nccnc1C1CCCCC1. The van der Waals surface area contributed by atoms with Crippen molar-refractivity contribution in [1.82, 2.24) is 9.97 Å². The smallest absolute Gasteiger partial charge is 0.147 e. The Morgan fingerprint density at radius 1 is 1.14 bits per heavy atom. The van der Waals surface area contributed by atoms with Crippen LogP contribution in [-0.4, -0.2) is 17.0 Å². The molecule has 1 aliphatic carbocycles. The lowest BCUT2D eigenvalue weighted by Crippen LogP contribution is -2.10. The molecule has 1 saturated carbocycles. The maximum atomic E-state index is 4.45. The van der Waals surface area contributed by atoms with Gasteiger partial charge in [-0.05, 0) is 12.8 Å². The van der Waals surface area contributed by atoms with E-state index in [2.05, 4.69) is 15.3 Å². The second-order valence-electron chi connectivity index (χ2n) is 3.88. The second kappa shape index (κ2) is 4.40. The molecule has 1 N–H and O–H groups in total. The highest BCUT2D eigenvalue weighted by Gasteiger charge is 2.19. The summed E-state index contributed by atoms with van der Waals surface area (Å²) in [5.41, 5.74) is 1.16. The summed E-state index contributed by atoms with van der Waals surface area (Å²) in [6, 6.07) is 0. The van der Waals surface area contributed by atoms with Gasteiger partial charge in [-0.2, -0.15) is 0 Å². The molecule has 76 valence electrons. The molecular formula is C11H17N3. The zero-order chi connectivity index (χ0) is 9.80. The molecule has 0 aromatic carbocycles. The fraction of sp³-hybridized carbons (Fsp3) is 0.636. The van der Waals surface area contributed by atoms with Crippen molar-refractivity contribution in [1.29, 1.82) is 0 Å². The Bertz CT molecular complexity index is 292. The van der Waals surface area contributed by atoms with E-state index in [4.69, 9.17) is 0 Å². The Kier molecular flexibility index (Phi) is 2.96. The van der Waals surface area contributed by atoms with E-state index in [1.165, 1.54) is 32.1 Å². The third-order valence-corrected chi connectivity index (χ3v) is 2.96. The normalized spacial score (nSPS) is 18.1. The summed E-state index contributed by atoms with van der Waals surface area (Å²) in [5, 5.41) is 3.12. The summed E-state index contributed by atoms with van der Waals surface area (Å²) < 4.78 is 0. The molecule has 1 aliphatic rings. The molecule has 1 fully saturated rings. The quantitative estimate of drug-likeness (QED) is 0.780. The first-order chi connectivity index (χ1) is 6.92. The third-order valence-electron chi connectivity index (χ3n) is 2.96. The molecule has 0 bridgehead atoms. The van der Waals surface area contributed by atoms with Crippen molar-refractivity contribution in [2.75, 3.05) is 12.4 Å². The zero-order valence-electron chi connectivity index (χ0n) is 8.66. The van der Waals surface area contributed by atoms with E-state index >= 15 is 0 Å². The summed E-state index contributed by atoms with van der Waals surface area (Å²) in [5.74, 6) is 1.58. The molecule has 0 unspecified atom stereocenters. The van der Waals surface area contributed by atoms with E-state index in [0.717, 1.165) is 11.5 Å². The van der Waals surface area contributed by atoms with Gasteiger partial charge >= 0.3 is 0 Å². The van der Waals surface area contributed by atoms with Crippen LogP contribution in [0.1, 0.15) is 43.7 Å². The highest BCUT2D eigenvalue weighted by Crippen LogP contribution is 2.33. The van der Waals surface area contributed by atoms with Crippen LogP contribution in [-0.2, 0) is 0 Å². The van der Waals surface area contributed by atoms with Crippen molar-refractivity contribution >= 4 is 5.82 Å². The molecule has 3 nitrogen and oxygen atoms in total. The number of hydrogen-bond donors (Lipinski definition) is 1. The van der Waals surface area contributed by atoms with E-state index in [-0.39, 0.29) is 0 Å². The Labute approximate surface area is 85.0 Å². The van der Waals surface area contributed by atoms with Gasteiger partial charge < -0.3 is 5.32 Å². The highest BCUT2D eigenvalue weighted by molar-refractivity contribution is 5.40. The van der Waals surface area contributed by atoms with Gasteiger partial charge in [0.1, 0.15) is 5.82 Å². The maximum Gasteiger partial charge on any atom is 0.147 e. The summed E-state index contributed by atoms with van der Waals surface area (Å²) in [6.07, 6.45) is 10.1. The topological polar surface area (TPSA) is 37.8 Å². The van der Waals surface area contributed by atoms with Crippen molar-refractivity contribution in [3.8, 4) is 0 Å². The number of anilines is 1. The minimum Gasteiger partial charge on any atom is -0.372 e. The van der Waals surface area contributed by atoms with Crippen LogP contribution < -0.4 is 5.32 Å². The van der Waals surface area contributed by atoms with Gasteiger partial charge in [-0.25, -0.2) is 4.98 Å². The monoisotopic (exact) mass is 191 g/mol. The lowest BCUT2D eigenvalue weighted by atomic mass is 9.87. The Hall–Kier alpha value is -1.12. The van der Waals surface area contributed by atoms with Crippen molar-refractivity contribution in [2.45, 2.75) is 38.0 Å². The average molecular weight is 191 g/mol. The van der Waals surface area contributed by atoms with Crippen LogP contribution in [0, 0.1) is 0 Å². The van der Waals surface area contributed by atoms with Gasteiger partial charge in [0.15, 0.2) is 0 Å². The first-order valence-electron chi connectivity index (χ1n) is 5.40.